The van der Waals surface area contributed by atoms with Gasteiger partial charge in [0.05, 0.1) is 55.6 Å². The number of aliphatic carboxylic acids is 3. The lowest BCUT2D eigenvalue weighted by atomic mass is 9.95. The minimum atomic E-state index is -1.07. The van der Waals surface area contributed by atoms with Crippen LogP contribution in [0.1, 0.15) is 156 Å². The number of hydrogen-bond donors (Lipinski definition) is 7. The molecule has 8 saturated heterocycles. The second kappa shape index (κ2) is 52.2. The van der Waals surface area contributed by atoms with E-state index in [1.807, 2.05) is 193 Å². The predicted octanol–water partition coefficient (Wildman–Crippen LogP) is 12.9. The number of aromatic nitrogens is 2. The normalized spacial score (nSPS) is 18.3. The van der Waals surface area contributed by atoms with E-state index in [2.05, 4.69) is 57.4 Å². The number of rotatable bonds is 18. The van der Waals surface area contributed by atoms with Crippen LogP contribution in [0.3, 0.4) is 0 Å². The van der Waals surface area contributed by atoms with Gasteiger partial charge in [0, 0.05) is 137 Å². The third-order valence-corrected chi connectivity index (χ3v) is 26.4. The lowest BCUT2D eigenvalue weighted by molar-refractivity contribution is -0.149. The predicted molar refractivity (Wildman–Crippen MR) is 525 cm³/mol. The van der Waals surface area contributed by atoms with Gasteiger partial charge in [-0.2, -0.15) is 4.98 Å². The number of carboxylic acid groups (broad SMARTS) is 3. The zero-order chi connectivity index (χ0) is 101. The molecule has 9 N–H and O–H groups in total. The molecule has 34 heteroatoms. The zero-order valence-electron chi connectivity index (χ0n) is 81.4. The number of benzene rings is 7. The van der Waals surface area contributed by atoms with Crippen LogP contribution in [0.2, 0.25) is 0 Å². The number of hydrogen-bond acceptors (Lipinski definition) is 23. The summed E-state index contributed by atoms with van der Waals surface area (Å²) < 4.78 is 19.0. The fraction of sp³-hybridized carbons (Fsp3) is 0.429. The van der Waals surface area contributed by atoms with Gasteiger partial charge in [-0.3, -0.25) is 62.3 Å². The van der Waals surface area contributed by atoms with Gasteiger partial charge in [0.2, 0.25) is 53.1 Å². The number of nitrogen functional groups attached to an aromatic ring is 1. The highest BCUT2D eigenvalue weighted by Gasteiger charge is 2.43. The van der Waals surface area contributed by atoms with Crippen LogP contribution in [0.4, 0.5) is 28.4 Å². The van der Waals surface area contributed by atoms with Crippen LogP contribution in [0.25, 0.3) is 11.4 Å². The molecule has 8 aliphatic rings. The SMILES string of the molecule is C=C(CC(=O)O)OC=O.COC(=O)C1CCN(C(=O)C2CC(=O)N(c3ccc(C)c(C)c3)C2)CC1.COC(=O)C1CCNCC1.Cc1ccc(N)cc1C.Cc1ccc(N2CC(C(=O)N3CCC(C(=O)O)CC3)CC2=O)cc1C.Cc1ccc(N2CC(C(=O)N3CCC(c4nc(-c5ccccc5)no4)CC3)CC2=O)cc1C.Cc1ccc(N2CC(C(=O)O)CC2=O)cc1C.NC(=NO)c1ccccc1. The van der Waals surface area contributed by atoms with Crippen LogP contribution in [0.15, 0.2) is 174 Å². The summed E-state index contributed by atoms with van der Waals surface area (Å²) in [7, 11) is 2.84. The topological polar surface area (TPSA) is 469 Å². The van der Waals surface area contributed by atoms with Crippen LogP contribution >= 0.6 is 0 Å². The van der Waals surface area contributed by atoms with E-state index in [4.69, 9.17) is 41.3 Å². The van der Waals surface area contributed by atoms with Crippen molar-refractivity contribution in [1.29, 1.82) is 0 Å². The van der Waals surface area contributed by atoms with Gasteiger partial charge < -0.3 is 90.3 Å². The molecule has 34 nitrogen and oxygen atoms in total. The molecule has 0 saturated carbocycles. The van der Waals surface area contributed by atoms with Gasteiger partial charge in [-0.25, -0.2) is 0 Å². The van der Waals surface area contributed by atoms with E-state index in [0.29, 0.717) is 96.3 Å². The maximum Gasteiger partial charge on any atom is 0.311 e. The van der Waals surface area contributed by atoms with Gasteiger partial charge >= 0.3 is 29.8 Å². The number of ether oxygens (including phenoxy) is 3. The number of anilines is 5. The first-order valence-corrected chi connectivity index (χ1v) is 46.7. The molecule has 9 heterocycles. The van der Waals surface area contributed by atoms with E-state index < -0.39 is 23.8 Å². The number of esters is 2. The van der Waals surface area contributed by atoms with Crippen molar-refractivity contribution in [3.05, 3.63) is 231 Å². The van der Waals surface area contributed by atoms with Crippen molar-refractivity contribution in [1.82, 2.24) is 30.2 Å². The number of methoxy groups -OCH3 is 2. The monoisotopic (exact) mass is 1910 g/mol. The Morgan fingerprint density at radius 1 is 0.453 bits per heavy atom. The van der Waals surface area contributed by atoms with Crippen molar-refractivity contribution in [2.75, 3.05) is 118 Å². The first-order chi connectivity index (χ1) is 66.3. The lowest BCUT2D eigenvalue weighted by Gasteiger charge is -2.32. The Balaban J connectivity index is 0.000000186. The molecule has 139 heavy (non-hydrogen) atoms. The Morgan fingerprint density at radius 3 is 1.12 bits per heavy atom. The third kappa shape index (κ3) is 31.0. The molecular formula is C105H131N13O21. The number of carbonyl (C=O) groups is 13. The Bertz CT molecular complexity index is 5680. The molecular weight excluding hydrogens is 1780 g/mol. The van der Waals surface area contributed by atoms with Gasteiger partial charge in [-0.1, -0.05) is 108 Å². The standard InChI is InChI=1S/C26H28N4O3.C20H26N2O4.C19H24N2O4.C13H15NO3.C8H11N.C7H8N2O.C7H13NO2.C5H6O4/c1-17-8-9-22(14-18(17)2)30-16-21(15-23(30)31)26(32)29-12-10-20(11-13-29)25-27-24(28-33-25)19-6-4-3-5-7-19;1-13-4-5-17(10-14(13)2)22-12-16(11-18(22)23)19(24)21-8-6-15(7-9-21)20(25)26-3;1-12-3-4-16(9-13(12)2)21-11-15(10-17(21)22)18(23)20-7-5-14(6-8-20)19(24)25;1-8-3-4-11(5-9(8)2)14-7-10(13(16)17)6-12(14)15;1-6-3-4-8(9)5-7(6)2;8-7(9-10)6-4-2-1-3-5-6;1-10-7(9)6-2-4-8-5-3-6;1-4(9-3-6)2-5(7)8/h3-9,14,20-21H,10-13,15-16H2,1-2H3;4-5,10,15-16H,6-9,11-12H2,1-3H3;3-4,9,14-15H,5-8,10-11H2,1-2H3,(H,24,25);3-5,10H,6-7H2,1-2H3,(H,16,17);3-5H,9H2,1-2H3;1-5,10H,(H2,8,9);6,8H,2-5H2,1H3;3H,1-2H2,(H,7,8). The Labute approximate surface area is 811 Å². The number of nitrogens with zero attached hydrogens (tertiary/aromatic N) is 10. The maximum atomic E-state index is 13.2. The molecule has 7 amide bonds. The largest absolute Gasteiger partial charge is 0.481 e. The summed E-state index contributed by atoms with van der Waals surface area (Å²) in [5.41, 5.74) is 28.5. The summed E-state index contributed by atoms with van der Waals surface area (Å²) in [6.45, 7) is 30.3. The van der Waals surface area contributed by atoms with Crippen molar-refractivity contribution < 1.29 is 102 Å². The number of amidine groups is 1. The number of oxime groups is 1. The van der Waals surface area contributed by atoms with Crippen LogP contribution in [-0.2, 0) is 76.5 Å². The summed E-state index contributed by atoms with van der Waals surface area (Å²) >= 11 is 0. The first-order valence-electron chi connectivity index (χ1n) is 46.7. The number of nitrogens with one attached hydrogen (secondary N) is 1. The molecule has 4 atom stereocenters. The smallest absolute Gasteiger partial charge is 0.311 e. The molecule has 4 unspecified atom stereocenters. The number of nitrogens with two attached hydrogens (primary N) is 2. The minimum Gasteiger partial charge on any atom is -0.481 e. The van der Waals surface area contributed by atoms with Crippen molar-refractivity contribution in [2.45, 2.75) is 159 Å². The van der Waals surface area contributed by atoms with Crippen molar-refractivity contribution in [3.8, 4) is 11.4 Å². The summed E-state index contributed by atoms with van der Waals surface area (Å²) in [5, 5.41) is 44.4. The van der Waals surface area contributed by atoms with Crippen LogP contribution in [0.5, 0.6) is 0 Å². The Kier molecular flexibility index (Phi) is 40.6. The molecule has 0 spiro atoms. The van der Waals surface area contributed by atoms with Gasteiger partial charge in [0.1, 0.15) is 12.2 Å². The first kappa shape index (κ1) is 108. The maximum absolute atomic E-state index is 13.2. The number of carboxylic acids is 3. The summed E-state index contributed by atoms with van der Waals surface area (Å²) in [6.07, 6.45) is 6.15. The average molecular weight is 1910 g/mol. The number of carbonyl (C=O) groups excluding carboxylic acids is 10. The minimum absolute atomic E-state index is 0.00366. The molecule has 8 aliphatic heterocycles. The molecule has 7 aromatic carbocycles. The number of aryl methyl sites for hydroxylation is 10. The Morgan fingerprint density at radius 2 is 0.791 bits per heavy atom. The van der Waals surface area contributed by atoms with Crippen LogP contribution in [0, 0.1) is 111 Å². The third-order valence-electron chi connectivity index (χ3n) is 26.4. The summed E-state index contributed by atoms with van der Waals surface area (Å²) in [5.74, 6) is -3.45. The quantitative estimate of drug-likeness (QED) is 0.00483. The van der Waals surface area contributed by atoms with E-state index in [1.165, 1.54) is 42.0 Å². The molecule has 742 valence electrons. The van der Waals surface area contributed by atoms with E-state index in [1.54, 1.807) is 41.5 Å². The van der Waals surface area contributed by atoms with E-state index in [0.717, 1.165) is 106 Å². The number of piperidine rings is 4. The molecule has 1 aromatic heterocycles. The zero-order valence-corrected chi connectivity index (χ0v) is 81.4. The second-order valence-corrected chi connectivity index (χ2v) is 36.1. The van der Waals surface area contributed by atoms with E-state index in [9.17, 15) is 62.3 Å². The highest BCUT2D eigenvalue weighted by molar-refractivity contribution is 6.03. The highest BCUT2D eigenvalue weighted by atomic mass is 16.5. The molecule has 0 bridgehead atoms. The lowest BCUT2D eigenvalue weighted by Crippen LogP contribution is -2.43. The molecule has 16 rings (SSSR count). The molecule has 8 fully saturated rings. The second-order valence-electron chi connectivity index (χ2n) is 36.1. The van der Waals surface area contributed by atoms with Crippen molar-refractivity contribution in [3.63, 3.8) is 0 Å². The van der Waals surface area contributed by atoms with Crippen molar-refractivity contribution >= 4 is 112 Å². The molecule has 0 aliphatic carbocycles. The fourth-order valence-electron chi connectivity index (χ4n) is 17.1. The highest BCUT2D eigenvalue weighted by Crippen LogP contribution is 2.36. The number of likely N-dealkylation sites (tertiary alicyclic amines) is 3. The van der Waals surface area contributed by atoms with E-state index >= 15 is 0 Å². The molecule has 8 aromatic rings. The fourth-order valence-corrected chi connectivity index (χ4v) is 17.1. The number of amides is 7. The molecule has 0 radical (unpaired) electrons. The van der Waals surface area contributed by atoms with Crippen molar-refractivity contribution in [2.24, 2.45) is 52.3 Å². The summed E-state index contributed by atoms with van der Waals surface area (Å²) in [6, 6.07) is 48.4. The van der Waals surface area contributed by atoms with E-state index in [-0.39, 0.29) is 151 Å². The summed E-state index contributed by atoms with van der Waals surface area (Å²) in [4.78, 5) is 168. The van der Waals surface area contributed by atoms with Crippen LogP contribution in [-0.4, -0.2) is 222 Å². The Hall–Kier alpha value is -14.4. The van der Waals surface area contributed by atoms with Gasteiger partial charge in [-0.15, -0.1) is 0 Å². The van der Waals surface area contributed by atoms with Crippen LogP contribution < -0.4 is 36.4 Å². The van der Waals surface area contributed by atoms with Gasteiger partial charge in [0.15, 0.2) is 5.84 Å². The average Bonchev–Trinajstić information content (AvgIpc) is 1.67. The van der Waals surface area contributed by atoms with Gasteiger partial charge in [-0.05, 0) is 250 Å². The van der Waals surface area contributed by atoms with Gasteiger partial charge in [0.25, 0.3) is 6.47 Å².